The van der Waals surface area contributed by atoms with Gasteiger partial charge in [-0.3, -0.25) is 4.79 Å². The molecule has 0 fully saturated rings. The molecule has 0 unspecified atom stereocenters. The molecule has 1 heterocycles. The summed E-state index contributed by atoms with van der Waals surface area (Å²) in [7, 11) is 0. The first-order valence-corrected chi connectivity index (χ1v) is 4.35. The highest BCUT2D eigenvalue weighted by atomic mass is 35.5. The monoisotopic (exact) mass is 212 g/mol. The quantitative estimate of drug-likeness (QED) is 0.678. The summed E-state index contributed by atoms with van der Waals surface area (Å²) in [6.07, 6.45) is 0. The molecule has 2 aromatic rings. The topological polar surface area (TPSA) is 30.2 Å². The van der Waals surface area contributed by atoms with Gasteiger partial charge in [0.05, 0.1) is 5.02 Å². The lowest BCUT2D eigenvalue weighted by atomic mass is 10.2. The average Bonchev–Trinajstić information content (AvgIpc) is 2.48. The van der Waals surface area contributed by atoms with Crippen LogP contribution >= 0.6 is 11.6 Å². The van der Waals surface area contributed by atoms with Crippen LogP contribution in [0.3, 0.4) is 0 Å². The van der Waals surface area contributed by atoms with Crippen molar-refractivity contribution in [2.24, 2.45) is 0 Å². The van der Waals surface area contributed by atoms with Crippen LogP contribution in [0.1, 0.15) is 17.5 Å². The molecule has 72 valence electrons. The molecule has 0 aliphatic heterocycles. The van der Waals surface area contributed by atoms with Crippen molar-refractivity contribution in [2.45, 2.75) is 6.92 Å². The molecule has 2 nitrogen and oxygen atoms in total. The lowest BCUT2D eigenvalue weighted by Gasteiger charge is -1.91. The molecule has 4 heteroatoms. The zero-order chi connectivity index (χ0) is 10.3. The molecule has 1 aromatic carbocycles. The maximum absolute atomic E-state index is 13.0. The molecule has 0 N–H and O–H groups in total. The second-order valence-corrected chi connectivity index (χ2v) is 3.38. The largest absolute Gasteiger partial charge is 0.453 e. The van der Waals surface area contributed by atoms with Crippen molar-refractivity contribution >= 4 is 28.4 Å². The van der Waals surface area contributed by atoms with E-state index >= 15 is 0 Å². The molecule has 0 aliphatic rings. The van der Waals surface area contributed by atoms with Crippen LogP contribution in [-0.4, -0.2) is 5.78 Å². The third-order valence-electron chi connectivity index (χ3n) is 1.91. The Morgan fingerprint density at radius 3 is 2.79 bits per heavy atom. The summed E-state index contributed by atoms with van der Waals surface area (Å²) in [5.41, 5.74) is 0.418. The summed E-state index contributed by atoms with van der Waals surface area (Å²) in [6.45, 7) is 1.38. The van der Waals surface area contributed by atoms with Gasteiger partial charge in [-0.2, -0.15) is 0 Å². The average molecular weight is 213 g/mol. The number of fused-ring (bicyclic) bond motifs is 1. The minimum absolute atomic E-state index is 0.0121. The van der Waals surface area contributed by atoms with Gasteiger partial charge in [-0.1, -0.05) is 11.6 Å². The molecule has 0 spiro atoms. The molecule has 1 aromatic heterocycles. The molecule has 0 amide bonds. The summed E-state index contributed by atoms with van der Waals surface area (Å²) in [4.78, 5) is 11.0. The first-order valence-electron chi connectivity index (χ1n) is 3.97. The smallest absolute Gasteiger partial charge is 0.194 e. The maximum atomic E-state index is 13.0. The molecule has 0 saturated heterocycles. The summed E-state index contributed by atoms with van der Waals surface area (Å²) >= 11 is 5.56. The fourth-order valence-corrected chi connectivity index (χ4v) is 1.36. The highest BCUT2D eigenvalue weighted by Gasteiger charge is 2.10. The summed E-state index contributed by atoms with van der Waals surface area (Å²) in [5, 5.41) is 0.527. The van der Waals surface area contributed by atoms with Gasteiger partial charge in [0, 0.05) is 18.4 Å². The molecule has 14 heavy (non-hydrogen) atoms. The van der Waals surface area contributed by atoms with E-state index in [-0.39, 0.29) is 16.6 Å². The number of rotatable bonds is 1. The van der Waals surface area contributed by atoms with Crippen LogP contribution in [0, 0.1) is 5.82 Å². The Balaban J connectivity index is 2.72. The normalized spacial score (nSPS) is 10.8. The predicted molar refractivity (Wildman–Crippen MR) is 51.2 cm³/mol. The molecule has 0 bridgehead atoms. The van der Waals surface area contributed by atoms with Gasteiger partial charge >= 0.3 is 0 Å². The molecule has 0 aliphatic carbocycles. The number of hydrogen-bond acceptors (Lipinski definition) is 2. The van der Waals surface area contributed by atoms with E-state index in [9.17, 15) is 9.18 Å². The number of hydrogen-bond donors (Lipinski definition) is 0. The SMILES string of the molecule is CC(=O)c1cc2cc(F)c(Cl)cc2o1. The highest BCUT2D eigenvalue weighted by Crippen LogP contribution is 2.25. The summed E-state index contributed by atoms with van der Waals surface area (Å²) < 4.78 is 18.2. The molecule has 2 rings (SSSR count). The van der Waals surface area contributed by atoms with Crippen molar-refractivity contribution in [3.8, 4) is 0 Å². The Hall–Kier alpha value is -1.35. The van der Waals surface area contributed by atoms with E-state index in [0.29, 0.717) is 11.0 Å². The lowest BCUT2D eigenvalue weighted by molar-refractivity contribution is 0.0989. The fraction of sp³-hybridized carbons (Fsp3) is 0.100. The Morgan fingerprint density at radius 1 is 1.43 bits per heavy atom. The molecule has 0 atom stereocenters. The van der Waals surface area contributed by atoms with E-state index in [1.807, 2.05) is 0 Å². The third kappa shape index (κ3) is 1.40. The number of Topliss-reactive ketones (excluding diaryl/α,β-unsaturated/α-hetero) is 1. The van der Waals surface area contributed by atoms with Crippen molar-refractivity contribution in [3.05, 3.63) is 34.8 Å². The standard InChI is InChI=1S/C10H6ClFO2/c1-5(13)9-3-6-2-8(12)7(11)4-10(6)14-9/h2-4H,1H3. The van der Waals surface area contributed by atoms with Crippen LogP contribution in [0.4, 0.5) is 4.39 Å². The first-order chi connectivity index (χ1) is 6.58. The number of ketones is 1. The van der Waals surface area contributed by atoms with E-state index in [1.54, 1.807) is 0 Å². The number of carbonyl (C=O) groups is 1. The molecule has 0 radical (unpaired) electrons. The number of carbonyl (C=O) groups excluding carboxylic acids is 1. The lowest BCUT2D eigenvalue weighted by Crippen LogP contribution is -1.85. The molecular formula is C10H6ClFO2. The molecule has 0 saturated carbocycles. The van der Waals surface area contributed by atoms with Gasteiger partial charge in [-0.15, -0.1) is 0 Å². The molecular weight excluding hydrogens is 207 g/mol. The summed E-state index contributed by atoms with van der Waals surface area (Å²) in [5.74, 6) is -0.505. The minimum atomic E-state index is -0.518. The Morgan fingerprint density at radius 2 is 2.14 bits per heavy atom. The van der Waals surface area contributed by atoms with E-state index in [0.717, 1.165) is 0 Å². The van der Waals surface area contributed by atoms with Gasteiger partial charge < -0.3 is 4.42 Å². The van der Waals surface area contributed by atoms with Crippen LogP contribution in [0.25, 0.3) is 11.0 Å². The Kier molecular flexibility index (Phi) is 2.04. The van der Waals surface area contributed by atoms with Gasteiger partial charge in [-0.05, 0) is 12.1 Å². The van der Waals surface area contributed by atoms with Gasteiger partial charge in [0.2, 0.25) is 0 Å². The van der Waals surface area contributed by atoms with Crippen LogP contribution in [0.15, 0.2) is 22.6 Å². The van der Waals surface area contributed by atoms with E-state index in [2.05, 4.69) is 0 Å². The van der Waals surface area contributed by atoms with Gasteiger partial charge in [0.15, 0.2) is 11.5 Å². The van der Waals surface area contributed by atoms with Crippen molar-refractivity contribution < 1.29 is 13.6 Å². The first kappa shape index (κ1) is 9.21. The van der Waals surface area contributed by atoms with Crippen molar-refractivity contribution in [3.63, 3.8) is 0 Å². The van der Waals surface area contributed by atoms with Gasteiger partial charge in [0.1, 0.15) is 11.4 Å². The van der Waals surface area contributed by atoms with Gasteiger partial charge in [0.25, 0.3) is 0 Å². The summed E-state index contributed by atoms with van der Waals surface area (Å²) in [6, 6.07) is 4.10. The Labute approximate surface area is 84.3 Å². The number of benzene rings is 1. The zero-order valence-corrected chi connectivity index (χ0v) is 8.06. The number of furan rings is 1. The van der Waals surface area contributed by atoms with Crippen LogP contribution in [0.5, 0.6) is 0 Å². The van der Waals surface area contributed by atoms with Crippen LogP contribution in [0.2, 0.25) is 5.02 Å². The predicted octanol–water partition coefficient (Wildman–Crippen LogP) is 3.43. The van der Waals surface area contributed by atoms with Crippen molar-refractivity contribution in [2.75, 3.05) is 0 Å². The van der Waals surface area contributed by atoms with Crippen molar-refractivity contribution in [1.29, 1.82) is 0 Å². The van der Waals surface area contributed by atoms with E-state index < -0.39 is 5.82 Å². The second-order valence-electron chi connectivity index (χ2n) is 2.97. The fourth-order valence-electron chi connectivity index (χ4n) is 1.21. The van der Waals surface area contributed by atoms with Crippen LogP contribution < -0.4 is 0 Å². The minimum Gasteiger partial charge on any atom is -0.453 e. The highest BCUT2D eigenvalue weighted by molar-refractivity contribution is 6.31. The van der Waals surface area contributed by atoms with E-state index in [1.165, 1.54) is 25.1 Å². The second kappa shape index (κ2) is 3.10. The third-order valence-corrected chi connectivity index (χ3v) is 2.20. The van der Waals surface area contributed by atoms with Gasteiger partial charge in [-0.25, -0.2) is 4.39 Å². The van der Waals surface area contributed by atoms with Crippen LogP contribution in [-0.2, 0) is 0 Å². The zero-order valence-electron chi connectivity index (χ0n) is 7.30. The van der Waals surface area contributed by atoms with E-state index in [4.69, 9.17) is 16.0 Å². The number of halogens is 2. The Bertz CT molecular complexity index is 477. The van der Waals surface area contributed by atoms with Crippen molar-refractivity contribution in [1.82, 2.24) is 0 Å². The maximum Gasteiger partial charge on any atom is 0.194 e.